The predicted molar refractivity (Wildman–Crippen MR) is 110 cm³/mol. The number of fused-ring (bicyclic) bond motifs is 3. The van der Waals surface area contributed by atoms with E-state index in [1.165, 1.54) is 34.3 Å². The number of nitrogens with zero attached hydrogens (tertiary/aromatic N) is 2. The third-order valence-corrected chi connectivity index (χ3v) is 5.45. The largest absolute Gasteiger partial charge is 0.378 e. The fourth-order valence-corrected chi connectivity index (χ4v) is 3.96. The van der Waals surface area contributed by atoms with E-state index in [2.05, 4.69) is 82.4 Å². The molecule has 25 heavy (non-hydrogen) atoms. The van der Waals surface area contributed by atoms with Crippen molar-refractivity contribution in [2.45, 2.75) is 25.3 Å². The summed E-state index contributed by atoms with van der Waals surface area (Å²) in [5, 5.41) is 1.33. The molecule has 2 aromatic carbocycles. The first-order valence-corrected chi connectivity index (χ1v) is 9.51. The molecule has 0 unspecified atom stereocenters. The maximum Gasteiger partial charge on any atom is 0.0900 e. The summed E-state index contributed by atoms with van der Waals surface area (Å²) in [5.74, 6) is 0. The number of aryl methyl sites for hydroxylation is 1. The number of aliphatic imine (C=N–C) groups is 1. The van der Waals surface area contributed by atoms with Gasteiger partial charge in [0.25, 0.3) is 0 Å². The van der Waals surface area contributed by atoms with Gasteiger partial charge in [-0.15, -0.1) is 0 Å². The standard InChI is InChI=1S/C21H22BrN3/c1-25(2)16-9-6-14(7-10-16)13-23-20-5-3-4-17-18-12-15(22)8-11-19(18)24-21(17)20/h6-13,20,24H,3-5H2,1-2H3/t20-/m1/s1. The van der Waals surface area contributed by atoms with Gasteiger partial charge in [0.1, 0.15) is 0 Å². The number of hydrogen-bond acceptors (Lipinski definition) is 2. The van der Waals surface area contributed by atoms with Crippen LogP contribution in [0.4, 0.5) is 5.69 Å². The van der Waals surface area contributed by atoms with E-state index in [0.717, 1.165) is 22.9 Å². The summed E-state index contributed by atoms with van der Waals surface area (Å²) in [5.41, 5.74) is 6.30. The number of rotatable bonds is 3. The van der Waals surface area contributed by atoms with Crippen LogP contribution in [0.25, 0.3) is 10.9 Å². The molecule has 1 heterocycles. The van der Waals surface area contributed by atoms with E-state index >= 15 is 0 Å². The van der Waals surface area contributed by atoms with Gasteiger partial charge in [-0.2, -0.15) is 0 Å². The van der Waals surface area contributed by atoms with Crippen molar-refractivity contribution in [3.63, 3.8) is 0 Å². The first-order valence-electron chi connectivity index (χ1n) is 8.72. The van der Waals surface area contributed by atoms with Crippen LogP contribution in [0.1, 0.15) is 35.7 Å². The van der Waals surface area contributed by atoms with Crippen LogP contribution in [0.2, 0.25) is 0 Å². The topological polar surface area (TPSA) is 31.4 Å². The maximum atomic E-state index is 4.91. The first-order chi connectivity index (χ1) is 12.1. The second kappa shape index (κ2) is 6.68. The van der Waals surface area contributed by atoms with E-state index in [9.17, 15) is 0 Å². The molecule has 1 atom stereocenters. The van der Waals surface area contributed by atoms with Gasteiger partial charge < -0.3 is 9.88 Å². The zero-order valence-corrected chi connectivity index (χ0v) is 16.2. The molecule has 1 aliphatic carbocycles. The number of aromatic amines is 1. The normalized spacial score (nSPS) is 17.2. The van der Waals surface area contributed by atoms with Crippen molar-refractivity contribution in [3.8, 4) is 0 Å². The fraction of sp³-hybridized carbons (Fsp3) is 0.286. The highest BCUT2D eigenvalue weighted by molar-refractivity contribution is 9.10. The summed E-state index contributed by atoms with van der Waals surface area (Å²) in [7, 11) is 4.11. The molecular formula is C21H22BrN3. The Morgan fingerprint density at radius 3 is 2.72 bits per heavy atom. The third-order valence-electron chi connectivity index (χ3n) is 4.95. The van der Waals surface area contributed by atoms with E-state index in [-0.39, 0.29) is 6.04 Å². The number of aromatic nitrogens is 1. The lowest BCUT2D eigenvalue weighted by Gasteiger charge is -2.19. The number of H-pyrrole nitrogens is 1. The summed E-state index contributed by atoms with van der Waals surface area (Å²) in [6, 6.07) is 15.2. The Bertz CT molecular complexity index is 922. The van der Waals surface area contributed by atoms with E-state index in [4.69, 9.17) is 4.99 Å². The van der Waals surface area contributed by atoms with Crippen molar-refractivity contribution in [2.75, 3.05) is 19.0 Å². The number of hydrogen-bond donors (Lipinski definition) is 1. The highest BCUT2D eigenvalue weighted by Crippen LogP contribution is 2.37. The smallest absolute Gasteiger partial charge is 0.0900 e. The van der Waals surface area contributed by atoms with E-state index in [1.54, 1.807) is 0 Å². The Morgan fingerprint density at radius 1 is 1.16 bits per heavy atom. The second-order valence-electron chi connectivity index (χ2n) is 6.88. The van der Waals surface area contributed by atoms with E-state index < -0.39 is 0 Å². The van der Waals surface area contributed by atoms with Gasteiger partial charge in [-0.1, -0.05) is 28.1 Å². The van der Waals surface area contributed by atoms with Crippen molar-refractivity contribution < 1.29 is 0 Å². The molecule has 0 aliphatic heterocycles. The minimum atomic E-state index is 0.225. The lowest BCUT2D eigenvalue weighted by Crippen LogP contribution is -2.08. The summed E-state index contributed by atoms with van der Waals surface area (Å²) in [4.78, 5) is 10.6. The van der Waals surface area contributed by atoms with Crippen molar-refractivity contribution >= 4 is 38.7 Å². The maximum absolute atomic E-state index is 4.91. The number of benzene rings is 2. The molecule has 0 saturated heterocycles. The van der Waals surface area contributed by atoms with Crippen LogP contribution in [0, 0.1) is 0 Å². The highest BCUT2D eigenvalue weighted by Gasteiger charge is 2.23. The molecule has 0 radical (unpaired) electrons. The average molecular weight is 396 g/mol. The van der Waals surface area contributed by atoms with Gasteiger partial charge in [0.2, 0.25) is 0 Å². The summed E-state index contributed by atoms with van der Waals surface area (Å²) >= 11 is 3.59. The molecule has 1 aliphatic rings. The Labute approximate surface area is 156 Å². The zero-order valence-electron chi connectivity index (χ0n) is 14.6. The molecule has 1 N–H and O–H groups in total. The number of nitrogens with one attached hydrogen (secondary N) is 1. The zero-order chi connectivity index (χ0) is 17.4. The SMILES string of the molecule is CN(C)c1ccc(C=N[C@@H]2CCCc3c2[nH]c2ccc(Br)cc32)cc1. The molecule has 0 fully saturated rings. The lowest BCUT2D eigenvalue weighted by atomic mass is 9.92. The van der Waals surface area contributed by atoms with E-state index in [1.807, 2.05) is 6.21 Å². The van der Waals surface area contributed by atoms with Gasteiger partial charge in [-0.05, 0) is 60.7 Å². The van der Waals surface area contributed by atoms with Crippen LogP contribution in [0.5, 0.6) is 0 Å². The summed E-state index contributed by atoms with van der Waals surface area (Å²) in [6.07, 6.45) is 5.44. The molecule has 4 rings (SSSR count). The quantitative estimate of drug-likeness (QED) is 0.583. The molecule has 128 valence electrons. The lowest BCUT2D eigenvalue weighted by molar-refractivity contribution is 0.566. The molecule has 0 bridgehead atoms. The van der Waals surface area contributed by atoms with Gasteiger partial charge in [0.05, 0.1) is 6.04 Å². The number of halogens is 1. The summed E-state index contributed by atoms with van der Waals surface area (Å²) in [6.45, 7) is 0. The Kier molecular flexibility index (Phi) is 4.38. The third kappa shape index (κ3) is 3.23. The van der Waals surface area contributed by atoms with Gasteiger partial charge >= 0.3 is 0 Å². The Balaban J connectivity index is 1.63. The number of anilines is 1. The minimum absolute atomic E-state index is 0.225. The second-order valence-corrected chi connectivity index (χ2v) is 7.79. The Hall–Kier alpha value is -2.07. The van der Waals surface area contributed by atoms with Crippen molar-refractivity contribution in [1.82, 2.24) is 4.98 Å². The average Bonchev–Trinajstić information content (AvgIpc) is 2.99. The first kappa shape index (κ1) is 16.4. The highest BCUT2D eigenvalue weighted by atomic mass is 79.9. The van der Waals surface area contributed by atoms with Gasteiger partial charge in [0.15, 0.2) is 0 Å². The molecule has 3 nitrogen and oxygen atoms in total. The van der Waals surface area contributed by atoms with E-state index in [0.29, 0.717) is 0 Å². The van der Waals surface area contributed by atoms with Crippen LogP contribution < -0.4 is 4.90 Å². The minimum Gasteiger partial charge on any atom is -0.378 e. The van der Waals surface area contributed by atoms with Crippen LogP contribution in [0.3, 0.4) is 0 Å². The molecule has 1 aromatic heterocycles. The predicted octanol–water partition coefficient (Wildman–Crippen LogP) is 5.49. The van der Waals surface area contributed by atoms with Gasteiger partial charge in [-0.25, -0.2) is 0 Å². The molecule has 0 spiro atoms. The summed E-state index contributed by atoms with van der Waals surface area (Å²) < 4.78 is 1.13. The van der Waals surface area contributed by atoms with Gasteiger partial charge in [-0.3, -0.25) is 4.99 Å². The van der Waals surface area contributed by atoms with Crippen LogP contribution in [-0.4, -0.2) is 25.3 Å². The van der Waals surface area contributed by atoms with Crippen LogP contribution in [-0.2, 0) is 6.42 Å². The van der Waals surface area contributed by atoms with Crippen LogP contribution >= 0.6 is 15.9 Å². The molecule has 3 aromatic rings. The fourth-order valence-electron chi connectivity index (χ4n) is 3.59. The molecule has 4 heteroatoms. The molecule has 0 amide bonds. The molecule has 0 saturated carbocycles. The molecular weight excluding hydrogens is 374 g/mol. The van der Waals surface area contributed by atoms with Crippen LogP contribution in [0.15, 0.2) is 51.9 Å². The Morgan fingerprint density at radius 2 is 1.96 bits per heavy atom. The van der Waals surface area contributed by atoms with Crippen molar-refractivity contribution in [3.05, 3.63) is 63.8 Å². The van der Waals surface area contributed by atoms with Crippen molar-refractivity contribution in [1.29, 1.82) is 0 Å². The van der Waals surface area contributed by atoms with Crippen molar-refractivity contribution in [2.24, 2.45) is 4.99 Å². The van der Waals surface area contributed by atoms with Gasteiger partial charge in [0, 0.05) is 47.1 Å². The monoisotopic (exact) mass is 395 g/mol.